The van der Waals surface area contributed by atoms with Crippen molar-refractivity contribution in [2.45, 2.75) is 77.1 Å². The van der Waals surface area contributed by atoms with Crippen LogP contribution < -0.4 is 4.90 Å². The average Bonchev–Trinajstić information content (AvgIpc) is 3.02. The molecule has 1 aliphatic rings. The van der Waals surface area contributed by atoms with Gasteiger partial charge in [-0.25, -0.2) is 4.79 Å². The quantitative estimate of drug-likeness (QED) is 0.119. The minimum absolute atomic E-state index is 0.0743. The molecule has 0 spiro atoms. The Labute approximate surface area is 288 Å². The second-order valence-corrected chi connectivity index (χ2v) is 12.0. The van der Waals surface area contributed by atoms with E-state index in [1.54, 1.807) is 49.1 Å². The van der Waals surface area contributed by atoms with Crippen LogP contribution in [0.2, 0.25) is 0 Å². The van der Waals surface area contributed by atoms with Crippen molar-refractivity contribution in [3.63, 3.8) is 0 Å². The maximum absolute atomic E-state index is 14.9. The zero-order valence-corrected chi connectivity index (χ0v) is 27.9. The summed E-state index contributed by atoms with van der Waals surface area (Å²) in [5.41, 5.74) is 0.676. The molecule has 18 heteroatoms. The largest absolute Gasteiger partial charge is 0.434 e. The van der Waals surface area contributed by atoms with Gasteiger partial charge in [0, 0.05) is 63.9 Å². The summed E-state index contributed by atoms with van der Waals surface area (Å²) in [5.74, 6) is -1.72. The van der Waals surface area contributed by atoms with Gasteiger partial charge in [-0.3, -0.25) is 14.5 Å². The number of amides is 1. The van der Waals surface area contributed by atoms with Crippen LogP contribution in [0, 0.1) is 5.92 Å². The molecule has 1 amide bonds. The fraction of sp³-hybridized carbons (Fsp3) is 0.545. The summed E-state index contributed by atoms with van der Waals surface area (Å²) in [5, 5.41) is 0. The number of carbonyl (C=O) groups is 3. The number of esters is 2. The van der Waals surface area contributed by atoms with Gasteiger partial charge in [0.2, 0.25) is 6.29 Å². The Hall–Kier alpha value is -4.22. The van der Waals surface area contributed by atoms with Gasteiger partial charge >= 0.3 is 36.6 Å². The first-order chi connectivity index (χ1) is 23.7. The number of nitrogens with zero attached hydrogens (tertiary/aromatic N) is 3. The maximum atomic E-state index is 14.9. The predicted molar refractivity (Wildman–Crippen MR) is 164 cm³/mol. The fourth-order valence-electron chi connectivity index (χ4n) is 5.31. The first-order valence-corrected chi connectivity index (χ1v) is 15.9. The Morgan fingerprint density at radius 3 is 1.86 bits per heavy atom. The summed E-state index contributed by atoms with van der Waals surface area (Å²) in [4.78, 5) is 39.6. The van der Waals surface area contributed by atoms with Crippen LogP contribution in [-0.2, 0) is 30.3 Å². The zero-order valence-electron chi connectivity index (χ0n) is 27.9. The number of para-hydroxylation sites is 1. The van der Waals surface area contributed by atoms with E-state index in [1.165, 1.54) is 31.2 Å². The standard InChI is InChI=1S/C33H38F9N3O6/c1-21(2)28(47)50-22(3)49-26(46)14-9-15-45(20-23-10-5-4-6-11-23)25-13-8-7-12-24(25)27(31(34,35)36)43-16-18-44(19-17-43)30(48)51-29(32(37,38)39)33(40,41)42/h4-8,10-13,21-22,27,29H,9,14-20H2,1-3H3. The molecule has 1 fully saturated rings. The van der Waals surface area contributed by atoms with Crippen LogP contribution in [0.1, 0.15) is 50.8 Å². The van der Waals surface area contributed by atoms with Gasteiger partial charge in [-0.1, -0.05) is 62.4 Å². The fourth-order valence-corrected chi connectivity index (χ4v) is 5.31. The van der Waals surface area contributed by atoms with Crippen LogP contribution in [-0.4, -0.2) is 91.5 Å². The van der Waals surface area contributed by atoms with Crippen LogP contribution in [0.4, 0.5) is 50.0 Å². The molecular weight excluding hydrogens is 705 g/mol. The van der Waals surface area contributed by atoms with Crippen molar-refractivity contribution in [2.75, 3.05) is 37.6 Å². The van der Waals surface area contributed by atoms with Crippen LogP contribution in [0.15, 0.2) is 54.6 Å². The Bertz CT molecular complexity index is 1430. The van der Waals surface area contributed by atoms with Crippen molar-refractivity contribution in [1.29, 1.82) is 0 Å². The highest BCUT2D eigenvalue weighted by atomic mass is 19.4. The lowest BCUT2D eigenvalue weighted by molar-refractivity contribution is -0.308. The molecule has 1 saturated heterocycles. The summed E-state index contributed by atoms with van der Waals surface area (Å²) in [6.07, 6.45) is -24.4. The van der Waals surface area contributed by atoms with Gasteiger partial charge in [-0.2, -0.15) is 39.5 Å². The summed E-state index contributed by atoms with van der Waals surface area (Å²) in [6.45, 7) is 2.39. The molecule has 2 atom stereocenters. The van der Waals surface area contributed by atoms with Gasteiger partial charge in [0.25, 0.3) is 6.10 Å². The van der Waals surface area contributed by atoms with Crippen LogP contribution >= 0.6 is 0 Å². The Kier molecular flexibility index (Phi) is 14.0. The van der Waals surface area contributed by atoms with Crippen molar-refractivity contribution in [3.8, 4) is 0 Å². The monoisotopic (exact) mass is 743 g/mol. The Morgan fingerprint density at radius 1 is 0.745 bits per heavy atom. The van der Waals surface area contributed by atoms with Crippen molar-refractivity contribution in [1.82, 2.24) is 9.80 Å². The van der Waals surface area contributed by atoms with E-state index in [0.717, 1.165) is 10.5 Å². The highest BCUT2D eigenvalue weighted by Gasteiger charge is 2.60. The summed E-state index contributed by atoms with van der Waals surface area (Å²) in [6, 6.07) is 12.1. The second kappa shape index (κ2) is 17.3. The zero-order chi connectivity index (χ0) is 38.1. The summed E-state index contributed by atoms with van der Waals surface area (Å²) < 4.78 is 136. The van der Waals surface area contributed by atoms with Gasteiger partial charge in [0.05, 0.1) is 5.92 Å². The smallest absolute Gasteiger partial charge is 0.426 e. The molecule has 9 nitrogen and oxygen atoms in total. The van der Waals surface area contributed by atoms with E-state index in [4.69, 9.17) is 9.47 Å². The van der Waals surface area contributed by atoms with E-state index >= 15 is 0 Å². The molecule has 2 aromatic carbocycles. The Balaban J connectivity index is 1.81. The minimum Gasteiger partial charge on any atom is -0.426 e. The third kappa shape index (κ3) is 12.2. The third-order valence-electron chi connectivity index (χ3n) is 7.71. The van der Waals surface area contributed by atoms with Crippen molar-refractivity contribution >= 4 is 23.7 Å². The molecule has 51 heavy (non-hydrogen) atoms. The molecule has 0 saturated carbocycles. The van der Waals surface area contributed by atoms with Gasteiger partial charge in [0.1, 0.15) is 6.04 Å². The van der Waals surface area contributed by atoms with E-state index < -0.39 is 87.1 Å². The number of piperazine rings is 1. The third-order valence-corrected chi connectivity index (χ3v) is 7.71. The lowest BCUT2D eigenvalue weighted by atomic mass is 10.00. The van der Waals surface area contributed by atoms with Crippen LogP contribution in [0.25, 0.3) is 0 Å². The summed E-state index contributed by atoms with van der Waals surface area (Å²) in [7, 11) is 0. The lowest BCUT2D eigenvalue weighted by Gasteiger charge is -2.41. The topological polar surface area (TPSA) is 88.6 Å². The molecule has 0 aliphatic carbocycles. The number of hydrogen-bond acceptors (Lipinski definition) is 8. The average molecular weight is 744 g/mol. The molecule has 1 heterocycles. The number of carbonyl (C=O) groups excluding carboxylic acids is 3. The van der Waals surface area contributed by atoms with Crippen molar-refractivity contribution in [2.24, 2.45) is 5.92 Å². The molecule has 0 N–H and O–H groups in total. The number of rotatable bonds is 13. The van der Waals surface area contributed by atoms with Gasteiger partial charge < -0.3 is 24.0 Å². The van der Waals surface area contributed by atoms with Crippen molar-refractivity contribution in [3.05, 3.63) is 65.7 Å². The minimum atomic E-state index is -5.95. The molecule has 2 aromatic rings. The predicted octanol–water partition coefficient (Wildman–Crippen LogP) is 7.41. The molecule has 3 rings (SSSR count). The highest BCUT2D eigenvalue weighted by molar-refractivity contribution is 5.72. The second-order valence-electron chi connectivity index (χ2n) is 12.0. The molecule has 0 aromatic heterocycles. The number of ether oxygens (including phenoxy) is 3. The number of benzene rings is 2. The Morgan fingerprint density at radius 2 is 1.31 bits per heavy atom. The van der Waals surface area contributed by atoms with Gasteiger partial charge in [0.15, 0.2) is 0 Å². The van der Waals surface area contributed by atoms with E-state index in [1.807, 2.05) is 0 Å². The number of halogens is 9. The van der Waals surface area contributed by atoms with E-state index in [0.29, 0.717) is 4.90 Å². The first kappa shape index (κ1) is 41.2. The van der Waals surface area contributed by atoms with E-state index in [-0.39, 0.29) is 37.2 Å². The molecular formula is C33H38F9N3O6. The van der Waals surface area contributed by atoms with E-state index in [9.17, 15) is 53.9 Å². The number of alkyl halides is 9. The van der Waals surface area contributed by atoms with Gasteiger partial charge in [-0.15, -0.1) is 0 Å². The first-order valence-electron chi connectivity index (χ1n) is 15.9. The lowest BCUT2D eigenvalue weighted by Crippen LogP contribution is -2.54. The van der Waals surface area contributed by atoms with E-state index in [2.05, 4.69) is 4.74 Å². The van der Waals surface area contributed by atoms with Crippen molar-refractivity contribution < 1.29 is 68.1 Å². The molecule has 2 unspecified atom stereocenters. The number of anilines is 1. The van der Waals surface area contributed by atoms with Crippen LogP contribution in [0.3, 0.4) is 0 Å². The van der Waals surface area contributed by atoms with Gasteiger partial charge in [-0.05, 0) is 18.1 Å². The SMILES string of the molecule is CC(OC(=O)CCCN(Cc1ccccc1)c1ccccc1C(N1CCN(C(=O)OC(C(F)(F)F)C(F)(F)F)CC1)C(F)(F)F)OC(=O)C(C)C. The normalized spacial score (nSPS) is 15.8. The maximum Gasteiger partial charge on any atom is 0.434 e. The number of hydrogen-bond donors (Lipinski definition) is 0. The van der Waals surface area contributed by atoms with Crippen LogP contribution in [0.5, 0.6) is 0 Å². The molecule has 1 aliphatic heterocycles. The molecule has 0 bridgehead atoms. The molecule has 284 valence electrons. The summed E-state index contributed by atoms with van der Waals surface area (Å²) >= 11 is 0. The highest BCUT2D eigenvalue weighted by Crippen LogP contribution is 2.43. The molecule has 0 radical (unpaired) electrons.